The first-order valence-electron chi connectivity index (χ1n) is 10.9. The van der Waals surface area contributed by atoms with Crippen molar-refractivity contribution in [3.8, 4) is 17.0 Å². The van der Waals surface area contributed by atoms with Crippen LogP contribution in [0.3, 0.4) is 0 Å². The molecule has 0 radical (unpaired) electrons. The van der Waals surface area contributed by atoms with Gasteiger partial charge in [-0.25, -0.2) is 4.98 Å². The number of piperidine rings is 1. The van der Waals surface area contributed by atoms with E-state index in [1.54, 1.807) is 18.5 Å². The monoisotopic (exact) mass is 488 g/mol. The quantitative estimate of drug-likeness (QED) is 0.452. The Morgan fingerprint density at radius 3 is 2.56 bits per heavy atom. The second-order valence-electron chi connectivity index (χ2n) is 8.70. The van der Waals surface area contributed by atoms with Crippen molar-refractivity contribution >= 4 is 29.0 Å². The fourth-order valence-electron chi connectivity index (χ4n) is 4.57. The van der Waals surface area contributed by atoms with Gasteiger partial charge >= 0.3 is 5.57 Å². The molecule has 8 nitrogen and oxygen atoms in total. The molecule has 2 fully saturated rings. The second-order valence-corrected chi connectivity index (χ2v) is 9.14. The molecule has 2 aliphatic heterocycles. The van der Waals surface area contributed by atoms with Crippen LogP contribution in [-0.4, -0.2) is 52.8 Å². The third kappa shape index (κ3) is 4.83. The largest absolute Gasteiger partial charge is 0.487 e. The molecule has 11 heteroatoms. The van der Waals surface area contributed by atoms with Gasteiger partial charge in [0.1, 0.15) is 11.6 Å². The molecule has 5 rings (SSSR count). The van der Waals surface area contributed by atoms with Gasteiger partial charge in [0.2, 0.25) is 0 Å². The number of benzene rings is 1. The number of alkyl halides is 3. The van der Waals surface area contributed by atoms with Crippen LogP contribution in [-0.2, 0) is 0 Å². The summed E-state index contributed by atoms with van der Waals surface area (Å²) in [5, 5.41) is 13.2. The molecule has 0 atom stereocenters. The van der Waals surface area contributed by atoms with Gasteiger partial charge in [0.25, 0.3) is 5.91 Å². The maximum atomic E-state index is 12.9. The van der Waals surface area contributed by atoms with Crippen LogP contribution in [0, 0.1) is 5.41 Å². The summed E-state index contributed by atoms with van der Waals surface area (Å²) < 4.78 is 29.8. The van der Waals surface area contributed by atoms with Gasteiger partial charge < -0.3 is 20.3 Å². The SMILES string of the molecule is O=C(Nc1ccc(OC(F)(F)Cl)cc1)c1cnc(N2CC3(CCNCC3)C2)c(-c2ccn[nH]2)c1. The van der Waals surface area contributed by atoms with Crippen molar-refractivity contribution in [2.45, 2.75) is 18.4 Å². The number of hydrogen-bond donors (Lipinski definition) is 3. The lowest BCUT2D eigenvalue weighted by Crippen LogP contribution is -2.60. The third-order valence-electron chi connectivity index (χ3n) is 6.28. The van der Waals surface area contributed by atoms with E-state index < -0.39 is 5.57 Å². The molecule has 3 aromatic rings. The molecule has 1 aromatic carbocycles. The zero-order valence-corrected chi connectivity index (χ0v) is 18.9. The molecule has 3 N–H and O–H groups in total. The first-order chi connectivity index (χ1) is 16.3. The van der Waals surface area contributed by atoms with Crippen LogP contribution in [0.25, 0.3) is 11.3 Å². The number of nitrogens with zero attached hydrogens (tertiary/aromatic N) is 3. The summed E-state index contributed by atoms with van der Waals surface area (Å²) in [5.74, 6) is 0.315. The van der Waals surface area contributed by atoms with Gasteiger partial charge in [0.05, 0.1) is 11.3 Å². The Labute approximate surface area is 199 Å². The Balaban J connectivity index is 1.33. The highest BCUT2D eigenvalue weighted by molar-refractivity contribution is 6.20. The smallest absolute Gasteiger partial charge is 0.420 e. The normalized spacial score (nSPS) is 17.3. The topological polar surface area (TPSA) is 95.2 Å². The van der Waals surface area contributed by atoms with Crippen LogP contribution < -0.4 is 20.3 Å². The van der Waals surface area contributed by atoms with Gasteiger partial charge in [0, 0.05) is 53.7 Å². The van der Waals surface area contributed by atoms with Gasteiger partial charge in [0.15, 0.2) is 0 Å². The van der Waals surface area contributed by atoms with Crippen LogP contribution in [0.15, 0.2) is 48.8 Å². The van der Waals surface area contributed by atoms with Crippen molar-refractivity contribution in [2.75, 3.05) is 36.4 Å². The summed E-state index contributed by atoms with van der Waals surface area (Å²) in [6, 6.07) is 9.11. The molecule has 0 aliphatic carbocycles. The lowest BCUT2D eigenvalue weighted by atomic mass is 9.72. The number of nitrogens with one attached hydrogen (secondary N) is 3. The molecule has 178 valence electrons. The highest BCUT2D eigenvalue weighted by atomic mass is 35.5. The van der Waals surface area contributed by atoms with Gasteiger partial charge in [-0.05, 0) is 62.3 Å². The number of ether oxygens (including phenoxy) is 1. The number of anilines is 2. The lowest BCUT2D eigenvalue weighted by molar-refractivity contribution is -0.0964. The molecular weight excluding hydrogens is 466 g/mol. The van der Waals surface area contributed by atoms with Gasteiger partial charge in [-0.1, -0.05) is 0 Å². The van der Waals surface area contributed by atoms with Crippen molar-refractivity contribution < 1.29 is 18.3 Å². The first-order valence-corrected chi connectivity index (χ1v) is 11.3. The van der Waals surface area contributed by atoms with E-state index in [0.29, 0.717) is 16.7 Å². The number of halogens is 3. The fraction of sp³-hybridized carbons (Fsp3) is 0.348. The Kier molecular flexibility index (Phi) is 5.86. The van der Waals surface area contributed by atoms with E-state index in [1.165, 1.54) is 24.3 Å². The number of aromatic amines is 1. The maximum Gasteiger partial charge on any atom is 0.487 e. The van der Waals surface area contributed by atoms with Gasteiger partial charge in [-0.15, -0.1) is 8.78 Å². The minimum atomic E-state index is -3.80. The van der Waals surface area contributed by atoms with E-state index in [-0.39, 0.29) is 11.7 Å². The molecule has 2 saturated heterocycles. The predicted octanol–water partition coefficient (Wildman–Crippen LogP) is 4.08. The minimum absolute atomic E-state index is 0.119. The molecule has 1 amide bonds. The molecule has 0 unspecified atom stereocenters. The molecule has 4 heterocycles. The third-order valence-corrected chi connectivity index (χ3v) is 6.36. The van der Waals surface area contributed by atoms with Crippen LogP contribution in [0.4, 0.5) is 20.3 Å². The summed E-state index contributed by atoms with van der Waals surface area (Å²) >= 11 is 4.78. The Morgan fingerprint density at radius 1 is 1.18 bits per heavy atom. The van der Waals surface area contributed by atoms with E-state index >= 15 is 0 Å². The van der Waals surface area contributed by atoms with Crippen LogP contribution in [0.1, 0.15) is 23.2 Å². The number of amides is 1. The number of pyridine rings is 1. The van der Waals surface area contributed by atoms with Crippen LogP contribution in [0.5, 0.6) is 5.75 Å². The molecular formula is C23H23ClF2N6O2. The molecule has 34 heavy (non-hydrogen) atoms. The summed E-state index contributed by atoms with van der Waals surface area (Å²) in [5.41, 5.74) is -1.13. The Hall–Kier alpha value is -3.24. The van der Waals surface area contributed by atoms with E-state index in [9.17, 15) is 13.6 Å². The van der Waals surface area contributed by atoms with E-state index in [0.717, 1.165) is 56.1 Å². The first kappa shape index (κ1) is 22.5. The van der Waals surface area contributed by atoms with Crippen molar-refractivity contribution in [3.63, 3.8) is 0 Å². The standard InChI is InChI=1S/C23H23ClF2N6O2/c24-23(25,26)34-17-3-1-16(2-4-17)30-21(33)15-11-18(19-5-8-29-31-19)20(28-12-15)32-13-22(14-32)6-9-27-10-7-22/h1-5,8,11-12,27H,6-7,9-10,13-14H2,(H,29,31)(H,30,33). The van der Waals surface area contributed by atoms with E-state index in [2.05, 4.69) is 35.5 Å². The molecule has 1 spiro atoms. The number of carbonyl (C=O) groups excluding carboxylic acids is 1. The highest BCUT2D eigenvalue weighted by Gasteiger charge is 2.44. The maximum absolute atomic E-state index is 12.9. The number of rotatable bonds is 6. The number of hydrogen-bond acceptors (Lipinski definition) is 6. The van der Waals surface area contributed by atoms with E-state index in [1.807, 2.05) is 6.07 Å². The van der Waals surface area contributed by atoms with Crippen molar-refractivity contribution in [2.24, 2.45) is 5.41 Å². The summed E-state index contributed by atoms with van der Waals surface area (Å²) in [4.78, 5) is 19.8. The van der Waals surface area contributed by atoms with Crippen molar-refractivity contribution in [1.82, 2.24) is 20.5 Å². The molecule has 0 bridgehead atoms. The zero-order valence-electron chi connectivity index (χ0n) is 18.2. The van der Waals surface area contributed by atoms with Crippen molar-refractivity contribution in [3.05, 3.63) is 54.4 Å². The van der Waals surface area contributed by atoms with Gasteiger partial charge in [-0.3, -0.25) is 9.89 Å². The lowest BCUT2D eigenvalue weighted by Gasteiger charge is -2.53. The summed E-state index contributed by atoms with van der Waals surface area (Å²) in [6.45, 7) is 3.94. The zero-order chi connectivity index (χ0) is 23.8. The van der Waals surface area contributed by atoms with Gasteiger partial charge in [-0.2, -0.15) is 5.10 Å². The summed E-state index contributed by atoms with van der Waals surface area (Å²) in [7, 11) is 0. The molecule has 2 aromatic heterocycles. The highest BCUT2D eigenvalue weighted by Crippen LogP contribution is 2.43. The number of H-pyrrole nitrogens is 1. The second kappa shape index (κ2) is 8.84. The average Bonchev–Trinajstić information content (AvgIpc) is 3.33. The summed E-state index contributed by atoms with van der Waals surface area (Å²) in [6.07, 6.45) is 5.50. The van der Waals surface area contributed by atoms with Crippen LogP contribution >= 0.6 is 11.6 Å². The Bertz CT molecular complexity index is 1150. The molecule has 0 saturated carbocycles. The molecule has 2 aliphatic rings. The number of aromatic nitrogens is 3. The van der Waals surface area contributed by atoms with Crippen molar-refractivity contribution in [1.29, 1.82) is 0 Å². The Morgan fingerprint density at radius 2 is 1.91 bits per heavy atom. The minimum Gasteiger partial charge on any atom is -0.420 e. The number of carbonyl (C=O) groups is 1. The van der Waals surface area contributed by atoms with E-state index in [4.69, 9.17) is 11.6 Å². The average molecular weight is 489 g/mol. The fourth-order valence-corrected chi connectivity index (χ4v) is 4.66. The van der Waals surface area contributed by atoms with Crippen LogP contribution in [0.2, 0.25) is 0 Å². The predicted molar refractivity (Wildman–Crippen MR) is 124 cm³/mol.